The molecule has 0 amide bonds. The normalized spacial score (nSPS) is 13.1. The topological polar surface area (TPSA) is 22.1 Å². The lowest BCUT2D eigenvalue weighted by atomic mass is 9.99. The van der Waals surface area contributed by atoms with Crippen LogP contribution in [0.1, 0.15) is 32.8 Å². The van der Waals surface area contributed by atoms with Gasteiger partial charge in [-0.05, 0) is 47.6 Å². The third kappa shape index (κ3) is 5.44. The maximum atomic E-state index is 13.4. The summed E-state index contributed by atoms with van der Waals surface area (Å²) >= 11 is 0. The van der Waals surface area contributed by atoms with Crippen LogP contribution in [0.3, 0.4) is 0 Å². The molecule has 2 nitrogen and oxygen atoms in total. The predicted molar refractivity (Wildman–Crippen MR) is 88.7 cm³/mol. The van der Waals surface area contributed by atoms with Gasteiger partial charge in [-0.2, -0.15) is 17.6 Å². The molecule has 1 aromatic heterocycles. The van der Waals surface area contributed by atoms with Crippen molar-refractivity contribution in [3.05, 3.63) is 48.0 Å². The molecule has 0 saturated carbocycles. The van der Waals surface area contributed by atoms with E-state index in [9.17, 15) is 17.6 Å². The quantitative estimate of drug-likeness (QED) is 0.471. The van der Waals surface area contributed by atoms with Crippen LogP contribution in [0.4, 0.5) is 17.6 Å². The third-order valence-electron chi connectivity index (χ3n) is 3.74. The minimum atomic E-state index is -4.56. The van der Waals surface area contributed by atoms with Crippen LogP contribution in [-0.4, -0.2) is 11.6 Å². The summed E-state index contributed by atoms with van der Waals surface area (Å²) in [6, 6.07) is 6.33. The van der Waals surface area contributed by atoms with Crippen LogP contribution in [0.25, 0.3) is 11.1 Å². The summed E-state index contributed by atoms with van der Waals surface area (Å²) in [7, 11) is 0. The zero-order valence-corrected chi connectivity index (χ0v) is 14.4. The van der Waals surface area contributed by atoms with Crippen molar-refractivity contribution in [2.45, 2.75) is 33.4 Å². The van der Waals surface area contributed by atoms with Crippen LogP contribution in [0.2, 0.25) is 0 Å². The zero-order chi connectivity index (χ0) is 18.6. The molecule has 0 aliphatic carbocycles. The van der Waals surface area contributed by atoms with E-state index in [1.807, 2.05) is 6.92 Å². The SMILES string of the molecule is CC(C)C[C@H](C)COc1ccc(-c2ccnc(F)c2)cc1C(F)(F)F. The Balaban J connectivity index is 2.29. The van der Waals surface area contributed by atoms with Gasteiger partial charge in [0.05, 0.1) is 12.2 Å². The molecule has 0 aliphatic heterocycles. The van der Waals surface area contributed by atoms with E-state index >= 15 is 0 Å². The number of ether oxygens (including phenoxy) is 1. The first kappa shape index (κ1) is 19.2. The largest absolute Gasteiger partial charge is 0.493 e. The molecule has 0 unspecified atom stereocenters. The van der Waals surface area contributed by atoms with Gasteiger partial charge < -0.3 is 4.74 Å². The summed E-state index contributed by atoms with van der Waals surface area (Å²) in [5, 5.41) is 0. The third-order valence-corrected chi connectivity index (χ3v) is 3.74. The van der Waals surface area contributed by atoms with Gasteiger partial charge in [-0.15, -0.1) is 0 Å². The van der Waals surface area contributed by atoms with Crippen molar-refractivity contribution in [1.29, 1.82) is 0 Å². The monoisotopic (exact) mass is 355 g/mol. The average Bonchev–Trinajstić information content (AvgIpc) is 2.51. The number of pyridine rings is 1. The smallest absolute Gasteiger partial charge is 0.419 e. The first-order chi connectivity index (χ1) is 11.7. The van der Waals surface area contributed by atoms with Crippen molar-refractivity contribution in [2.24, 2.45) is 11.8 Å². The first-order valence-corrected chi connectivity index (χ1v) is 8.12. The summed E-state index contributed by atoms with van der Waals surface area (Å²) in [6.45, 7) is 6.27. The van der Waals surface area contributed by atoms with Gasteiger partial charge in [0, 0.05) is 12.3 Å². The summed E-state index contributed by atoms with van der Waals surface area (Å²) in [5.41, 5.74) is -0.270. The van der Waals surface area contributed by atoms with Gasteiger partial charge in [0.25, 0.3) is 0 Å². The van der Waals surface area contributed by atoms with Gasteiger partial charge in [-0.1, -0.05) is 26.8 Å². The predicted octanol–water partition coefficient (Wildman–Crippen LogP) is 5.97. The lowest BCUT2D eigenvalue weighted by Gasteiger charge is -2.19. The Morgan fingerprint density at radius 2 is 1.72 bits per heavy atom. The van der Waals surface area contributed by atoms with Gasteiger partial charge in [0.2, 0.25) is 5.95 Å². The highest BCUT2D eigenvalue weighted by Gasteiger charge is 2.35. The van der Waals surface area contributed by atoms with Crippen LogP contribution < -0.4 is 4.74 Å². The van der Waals surface area contributed by atoms with Crippen LogP contribution in [0.15, 0.2) is 36.5 Å². The van der Waals surface area contributed by atoms with Crippen molar-refractivity contribution in [3.8, 4) is 16.9 Å². The fourth-order valence-electron chi connectivity index (χ4n) is 2.74. The molecule has 1 heterocycles. The Hall–Kier alpha value is -2.11. The fourth-order valence-corrected chi connectivity index (χ4v) is 2.74. The lowest BCUT2D eigenvalue weighted by Crippen LogP contribution is -2.14. The summed E-state index contributed by atoms with van der Waals surface area (Å²) < 4.78 is 58.8. The molecule has 0 radical (unpaired) electrons. The van der Waals surface area contributed by atoms with Crippen molar-refractivity contribution in [3.63, 3.8) is 0 Å². The van der Waals surface area contributed by atoms with Crippen molar-refractivity contribution in [1.82, 2.24) is 4.98 Å². The Labute approximate surface area is 144 Å². The van der Waals surface area contributed by atoms with Gasteiger partial charge in [-0.3, -0.25) is 0 Å². The molecule has 0 bridgehead atoms. The van der Waals surface area contributed by atoms with E-state index in [4.69, 9.17) is 4.74 Å². The molecule has 1 atom stereocenters. The van der Waals surface area contributed by atoms with Crippen LogP contribution in [0, 0.1) is 17.8 Å². The summed E-state index contributed by atoms with van der Waals surface area (Å²) in [4.78, 5) is 3.41. The standard InChI is InChI=1S/C19H21F4NO/c1-12(2)8-13(3)11-25-17-5-4-14(9-16(17)19(21,22)23)15-6-7-24-18(20)10-15/h4-7,9-10,12-13H,8,11H2,1-3H3/t13-/m0/s1. The highest BCUT2D eigenvalue weighted by Crippen LogP contribution is 2.39. The minimum absolute atomic E-state index is 0.148. The molecule has 136 valence electrons. The number of hydrogen-bond donors (Lipinski definition) is 0. The highest BCUT2D eigenvalue weighted by atomic mass is 19.4. The van der Waals surface area contributed by atoms with Crippen LogP contribution in [-0.2, 0) is 6.18 Å². The molecule has 25 heavy (non-hydrogen) atoms. The molecule has 0 fully saturated rings. The molecule has 0 saturated heterocycles. The second kappa shape index (κ2) is 7.85. The Kier molecular flexibility index (Phi) is 6.03. The molecule has 0 N–H and O–H groups in total. The minimum Gasteiger partial charge on any atom is -0.493 e. The van der Waals surface area contributed by atoms with Gasteiger partial charge in [-0.25, -0.2) is 4.98 Å². The molecule has 0 spiro atoms. The molecule has 6 heteroatoms. The van der Waals surface area contributed by atoms with Gasteiger partial charge in [0.15, 0.2) is 0 Å². The number of benzene rings is 1. The molecule has 2 aromatic rings. The van der Waals surface area contributed by atoms with E-state index in [2.05, 4.69) is 18.8 Å². The lowest BCUT2D eigenvalue weighted by molar-refractivity contribution is -0.139. The van der Waals surface area contributed by atoms with E-state index < -0.39 is 17.7 Å². The van der Waals surface area contributed by atoms with Crippen molar-refractivity contribution in [2.75, 3.05) is 6.61 Å². The Morgan fingerprint density at radius 3 is 2.32 bits per heavy atom. The van der Waals surface area contributed by atoms with Crippen LogP contribution in [0.5, 0.6) is 5.75 Å². The molecular weight excluding hydrogens is 334 g/mol. The maximum absolute atomic E-state index is 13.4. The van der Waals surface area contributed by atoms with Gasteiger partial charge >= 0.3 is 6.18 Å². The number of rotatable bonds is 6. The Bertz CT molecular complexity index is 713. The van der Waals surface area contributed by atoms with E-state index in [1.165, 1.54) is 24.4 Å². The molecule has 0 aliphatic rings. The number of halogens is 4. The first-order valence-electron chi connectivity index (χ1n) is 8.12. The molecule has 1 aromatic carbocycles. The molecular formula is C19H21F4NO. The highest BCUT2D eigenvalue weighted by molar-refractivity contribution is 5.65. The number of alkyl halides is 3. The average molecular weight is 355 g/mol. The Morgan fingerprint density at radius 1 is 1.04 bits per heavy atom. The summed E-state index contributed by atoms with van der Waals surface area (Å²) in [6.07, 6.45) is -2.47. The van der Waals surface area contributed by atoms with Crippen molar-refractivity contribution >= 4 is 0 Å². The maximum Gasteiger partial charge on any atom is 0.419 e. The number of hydrogen-bond acceptors (Lipinski definition) is 2. The van der Waals surface area contributed by atoms with Gasteiger partial charge in [0.1, 0.15) is 5.75 Å². The van der Waals surface area contributed by atoms with E-state index in [0.717, 1.165) is 18.6 Å². The second-order valence-corrected chi connectivity index (χ2v) is 6.62. The van der Waals surface area contributed by atoms with Crippen LogP contribution >= 0.6 is 0 Å². The number of aromatic nitrogens is 1. The fraction of sp³-hybridized carbons (Fsp3) is 0.421. The number of nitrogens with zero attached hydrogens (tertiary/aromatic N) is 1. The van der Waals surface area contributed by atoms with E-state index in [0.29, 0.717) is 11.5 Å². The second-order valence-electron chi connectivity index (χ2n) is 6.62. The summed E-state index contributed by atoms with van der Waals surface area (Å²) in [5.74, 6) is -0.352. The van der Waals surface area contributed by atoms with E-state index in [-0.39, 0.29) is 23.8 Å². The molecule has 2 rings (SSSR count). The zero-order valence-electron chi connectivity index (χ0n) is 14.4. The van der Waals surface area contributed by atoms with Crippen molar-refractivity contribution < 1.29 is 22.3 Å². The van der Waals surface area contributed by atoms with E-state index in [1.54, 1.807) is 0 Å².